The largest absolute Gasteiger partial charge is 0.461 e. The summed E-state index contributed by atoms with van der Waals surface area (Å²) in [6.45, 7) is 6.71. The third-order valence-electron chi connectivity index (χ3n) is 2.10. The van der Waals surface area contributed by atoms with Gasteiger partial charge in [-0.15, -0.1) is 0 Å². The van der Waals surface area contributed by atoms with E-state index in [0.717, 1.165) is 6.54 Å². The smallest absolute Gasteiger partial charge is 0.323 e. The van der Waals surface area contributed by atoms with Gasteiger partial charge in [0.25, 0.3) is 0 Å². The number of nitrogens with zero attached hydrogens (tertiary/aromatic N) is 4. The lowest BCUT2D eigenvalue weighted by Crippen LogP contribution is -2.30. The lowest BCUT2D eigenvalue weighted by molar-refractivity contribution is 0.222. The van der Waals surface area contributed by atoms with E-state index in [1.807, 2.05) is 34.9 Å². The predicted octanol–water partition coefficient (Wildman–Crippen LogP) is 0.306. The normalized spacial score (nSPS) is 12.6. The van der Waals surface area contributed by atoms with Gasteiger partial charge in [0.05, 0.1) is 6.10 Å². The number of hydrazine groups is 1. The van der Waals surface area contributed by atoms with Gasteiger partial charge in [-0.05, 0) is 34.9 Å². The van der Waals surface area contributed by atoms with Gasteiger partial charge < -0.3 is 15.0 Å². The maximum atomic E-state index is 5.45. The zero-order valence-electron chi connectivity index (χ0n) is 12.1. The Labute approximate surface area is 113 Å². The first-order chi connectivity index (χ1) is 8.90. The van der Waals surface area contributed by atoms with Crippen LogP contribution in [0.2, 0.25) is 0 Å². The lowest BCUT2D eigenvalue weighted by Gasteiger charge is -2.18. The highest BCUT2D eigenvalue weighted by atomic mass is 16.5. The van der Waals surface area contributed by atoms with E-state index in [0.29, 0.717) is 5.95 Å². The number of nitrogens with two attached hydrogens (primary N) is 1. The molecule has 108 valence electrons. The van der Waals surface area contributed by atoms with Gasteiger partial charge >= 0.3 is 6.01 Å². The van der Waals surface area contributed by atoms with E-state index in [1.54, 1.807) is 0 Å². The SMILES string of the molecule is CC(CN(C)C)Nc1nc(NN)nc(OC(C)C)n1. The zero-order valence-corrected chi connectivity index (χ0v) is 12.1. The summed E-state index contributed by atoms with van der Waals surface area (Å²) in [7, 11) is 4.01. The third kappa shape index (κ3) is 5.66. The first-order valence-corrected chi connectivity index (χ1v) is 6.21. The van der Waals surface area contributed by atoms with Crippen molar-refractivity contribution in [3.8, 4) is 6.01 Å². The summed E-state index contributed by atoms with van der Waals surface area (Å²) in [5, 5.41) is 3.18. The minimum atomic E-state index is -0.0138. The second kappa shape index (κ2) is 7.05. The van der Waals surface area contributed by atoms with Gasteiger partial charge in [0.1, 0.15) is 0 Å². The van der Waals surface area contributed by atoms with Crippen LogP contribution in [0.15, 0.2) is 0 Å². The van der Waals surface area contributed by atoms with Crippen LogP contribution in [0.3, 0.4) is 0 Å². The zero-order chi connectivity index (χ0) is 14.4. The number of hydrogen-bond acceptors (Lipinski definition) is 8. The Morgan fingerprint density at radius 3 is 2.32 bits per heavy atom. The highest BCUT2D eigenvalue weighted by Gasteiger charge is 2.11. The van der Waals surface area contributed by atoms with Crippen LogP contribution in [-0.4, -0.2) is 52.6 Å². The molecule has 8 nitrogen and oxygen atoms in total. The van der Waals surface area contributed by atoms with Crippen LogP contribution in [0.1, 0.15) is 20.8 Å². The minimum Gasteiger partial charge on any atom is -0.461 e. The Morgan fingerprint density at radius 2 is 1.79 bits per heavy atom. The quantitative estimate of drug-likeness (QED) is 0.480. The number of nitrogen functional groups attached to an aromatic ring is 1. The van der Waals surface area contributed by atoms with E-state index in [1.165, 1.54) is 0 Å². The van der Waals surface area contributed by atoms with Crippen LogP contribution in [0.4, 0.5) is 11.9 Å². The van der Waals surface area contributed by atoms with E-state index in [9.17, 15) is 0 Å². The molecule has 1 aromatic heterocycles. The van der Waals surface area contributed by atoms with Crippen LogP contribution in [0.5, 0.6) is 6.01 Å². The number of likely N-dealkylation sites (N-methyl/N-ethyl adjacent to an activating group) is 1. The van der Waals surface area contributed by atoms with Crippen molar-refractivity contribution in [2.45, 2.75) is 32.9 Å². The van der Waals surface area contributed by atoms with Crippen LogP contribution >= 0.6 is 0 Å². The molecule has 0 aromatic carbocycles. The average Bonchev–Trinajstić information content (AvgIpc) is 2.26. The highest BCUT2D eigenvalue weighted by Crippen LogP contribution is 2.12. The molecule has 0 aliphatic carbocycles. The highest BCUT2D eigenvalue weighted by molar-refractivity contribution is 5.35. The molecule has 0 bridgehead atoms. The van der Waals surface area contributed by atoms with Gasteiger partial charge in [-0.3, -0.25) is 5.43 Å². The Hall–Kier alpha value is -1.67. The molecule has 8 heteroatoms. The predicted molar refractivity (Wildman–Crippen MR) is 75.0 cm³/mol. The van der Waals surface area contributed by atoms with Crippen molar-refractivity contribution >= 4 is 11.9 Å². The van der Waals surface area contributed by atoms with Crippen molar-refractivity contribution in [1.29, 1.82) is 0 Å². The average molecular weight is 269 g/mol. The first-order valence-electron chi connectivity index (χ1n) is 6.21. The van der Waals surface area contributed by atoms with Gasteiger partial charge in [0.2, 0.25) is 11.9 Å². The maximum absolute atomic E-state index is 5.45. The molecule has 0 aliphatic rings. The Balaban J connectivity index is 2.81. The van der Waals surface area contributed by atoms with Gasteiger partial charge in [0, 0.05) is 12.6 Å². The molecule has 0 amide bonds. The molecule has 0 saturated heterocycles. The summed E-state index contributed by atoms with van der Waals surface area (Å²) in [6.07, 6.45) is -0.0138. The molecule has 0 radical (unpaired) electrons. The van der Waals surface area contributed by atoms with Crippen LogP contribution in [-0.2, 0) is 0 Å². The summed E-state index contributed by atoms with van der Waals surface area (Å²) >= 11 is 0. The first kappa shape index (κ1) is 15.4. The fourth-order valence-electron chi connectivity index (χ4n) is 1.56. The van der Waals surface area contributed by atoms with Crippen LogP contribution in [0.25, 0.3) is 0 Å². The molecule has 0 aliphatic heterocycles. The monoisotopic (exact) mass is 269 g/mol. The van der Waals surface area contributed by atoms with Crippen molar-refractivity contribution in [2.24, 2.45) is 5.84 Å². The van der Waals surface area contributed by atoms with Gasteiger partial charge in [0.15, 0.2) is 0 Å². The fraction of sp³-hybridized carbons (Fsp3) is 0.727. The van der Waals surface area contributed by atoms with Crippen molar-refractivity contribution in [3.05, 3.63) is 0 Å². The van der Waals surface area contributed by atoms with E-state index < -0.39 is 0 Å². The van der Waals surface area contributed by atoms with E-state index >= 15 is 0 Å². The van der Waals surface area contributed by atoms with Gasteiger partial charge in [-0.1, -0.05) is 0 Å². The molecule has 1 atom stereocenters. The fourth-order valence-corrected chi connectivity index (χ4v) is 1.56. The molecule has 0 saturated carbocycles. The topological polar surface area (TPSA) is 101 Å². The molecule has 0 fully saturated rings. The van der Waals surface area contributed by atoms with Crippen LogP contribution < -0.4 is 21.3 Å². The number of aromatic nitrogens is 3. The van der Waals surface area contributed by atoms with E-state index in [-0.39, 0.29) is 24.1 Å². The Morgan fingerprint density at radius 1 is 1.16 bits per heavy atom. The number of hydrogen-bond donors (Lipinski definition) is 3. The summed E-state index contributed by atoms with van der Waals surface area (Å²) < 4.78 is 5.45. The standard InChI is InChI=1S/C11H23N7O/c1-7(2)19-11-15-9(14-10(16-11)17-12)13-8(3)6-18(4)5/h7-8H,6,12H2,1-5H3,(H2,13,14,15,16,17). The van der Waals surface area contributed by atoms with Crippen molar-refractivity contribution in [3.63, 3.8) is 0 Å². The van der Waals surface area contributed by atoms with E-state index in [4.69, 9.17) is 10.6 Å². The molecule has 1 aromatic rings. The number of anilines is 2. The lowest BCUT2D eigenvalue weighted by atomic mass is 10.3. The van der Waals surface area contributed by atoms with Gasteiger partial charge in [-0.25, -0.2) is 5.84 Å². The molecule has 1 rings (SSSR count). The third-order valence-corrected chi connectivity index (χ3v) is 2.10. The Bertz CT molecular complexity index is 397. The van der Waals surface area contributed by atoms with Crippen molar-refractivity contribution in [2.75, 3.05) is 31.4 Å². The summed E-state index contributed by atoms with van der Waals surface area (Å²) in [4.78, 5) is 14.4. The molecular formula is C11H23N7O. The Kier molecular flexibility index (Phi) is 5.71. The van der Waals surface area contributed by atoms with Crippen molar-refractivity contribution < 1.29 is 4.74 Å². The molecular weight excluding hydrogens is 246 g/mol. The number of ether oxygens (including phenoxy) is 1. The molecule has 4 N–H and O–H groups in total. The van der Waals surface area contributed by atoms with E-state index in [2.05, 4.69) is 30.6 Å². The van der Waals surface area contributed by atoms with Gasteiger partial charge in [-0.2, -0.15) is 15.0 Å². The number of nitrogens with one attached hydrogen (secondary N) is 2. The van der Waals surface area contributed by atoms with Crippen LogP contribution in [0, 0.1) is 0 Å². The maximum Gasteiger partial charge on any atom is 0.323 e. The second-order valence-electron chi connectivity index (χ2n) is 4.88. The van der Waals surface area contributed by atoms with Crippen molar-refractivity contribution in [1.82, 2.24) is 19.9 Å². The number of rotatable bonds is 7. The summed E-state index contributed by atoms with van der Waals surface area (Å²) in [6, 6.07) is 0.437. The summed E-state index contributed by atoms with van der Waals surface area (Å²) in [5.74, 6) is 6.04. The molecule has 0 spiro atoms. The minimum absolute atomic E-state index is 0.0138. The summed E-state index contributed by atoms with van der Waals surface area (Å²) in [5.41, 5.74) is 2.40. The molecule has 1 heterocycles. The molecule has 19 heavy (non-hydrogen) atoms. The second-order valence-corrected chi connectivity index (χ2v) is 4.88. The molecule has 1 unspecified atom stereocenters.